The quantitative estimate of drug-likeness (QED) is 0.810. The van der Waals surface area contributed by atoms with Crippen molar-refractivity contribution >= 4 is 15.7 Å². The second kappa shape index (κ2) is 8.48. The Morgan fingerprint density at radius 1 is 0.962 bits per heavy atom. The van der Waals surface area contributed by atoms with Crippen LogP contribution >= 0.6 is 0 Å². The van der Waals surface area contributed by atoms with Crippen molar-refractivity contribution in [2.75, 3.05) is 18.4 Å². The first-order valence-corrected chi connectivity index (χ1v) is 9.68. The van der Waals surface area contributed by atoms with Crippen LogP contribution in [0.3, 0.4) is 0 Å². The molecule has 0 aliphatic carbocycles. The summed E-state index contributed by atoms with van der Waals surface area (Å²) >= 11 is 0. The number of hydrogen-bond donors (Lipinski definition) is 1. The zero-order chi connectivity index (χ0) is 19.2. The van der Waals surface area contributed by atoms with Crippen molar-refractivity contribution < 1.29 is 8.42 Å². The number of rotatable bonds is 7. The van der Waals surface area contributed by atoms with Gasteiger partial charge in [0.2, 0.25) is 10.0 Å². The lowest BCUT2D eigenvalue weighted by atomic mass is 10.1. The molecule has 0 spiro atoms. The monoisotopic (exact) mass is 368 g/mol. The Bertz CT molecular complexity index is 918. The van der Waals surface area contributed by atoms with Gasteiger partial charge in [-0.1, -0.05) is 32.0 Å². The number of nitrogens with one attached hydrogen (secondary N) is 1. The molecular formula is C19H20N4O2S. The van der Waals surface area contributed by atoms with Gasteiger partial charge in [-0.3, -0.25) is 0 Å². The standard InChI is InChI=1S/C19H20N4O2S/c1-3-23(4-2)26(24,25)18-10-8-15(9-11-18)14-22-19-16(12-20)6-5-7-17(19)13-21/h5-11,22H,3-4,14H2,1-2H3. The molecule has 0 aromatic heterocycles. The molecule has 26 heavy (non-hydrogen) atoms. The van der Waals surface area contributed by atoms with Gasteiger partial charge >= 0.3 is 0 Å². The topological polar surface area (TPSA) is 97.0 Å². The summed E-state index contributed by atoms with van der Waals surface area (Å²) in [6.07, 6.45) is 0. The molecule has 0 radical (unpaired) electrons. The zero-order valence-corrected chi connectivity index (χ0v) is 15.5. The van der Waals surface area contributed by atoms with Crippen molar-refractivity contribution in [1.82, 2.24) is 4.31 Å². The maximum absolute atomic E-state index is 12.5. The van der Waals surface area contributed by atoms with Crippen LogP contribution in [-0.4, -0.2) is 25.8 Å². The van der Waals surface area contributed by atoms with Gasteiger partial charge in [-0.25, -0.2) is 8.42 Å². The van der Waals surface area contributed by atoms with E-state index in [0.29, 0.717) is 36.4 Å². The van der Waals surface area contributed by atoms with Crippen molar-refractivity contribution in [2.45, 2.75) is 25.3 Å². The summed E-state index contributed by atoms with van der Waals surface area (Å²) in [5, 5.41) is 21.5. The predicted molar refractivity (Wildman–Crippen MR) is 99.7 cm³/mol. The summed E-state index contributed by atoms with van der Waals surface area (Å²) in [4.78, 5) is 0.250. The Morgan fingerprint density at radius 2 is 1.50 bits per heavy atom. The van der Waals surface area contributed by atoms with E-state index in [1.165, 1.54) is 4.31 Å². The maximum Gasteiger partial charge on any atom is 0.243 e. The first-order chi connectivity index (χ1) is 12.5. The van der Waals surface area contributed by atoms with E-state index in [1.807, 2.05) is 0 Å². The van der Waals surface area contributed by atoms with E-state index in [-0.39, 0.29) is 4.90 Å². The molecule has 0 aliphatic heterocycles. The van der Waals surface area contributed by atoms with Gasteiger partial charge in [-0.05, 0) is 29.8 Å². The molecular weight excluding hydrogens is 348 g/mol. The lowest BCUT2D eigenvalue weighted by Gasteiger charge is -2.18. The number of nitrogens with zero attached hydrogens (tertiary/aromatic N) is 3. The Morgan fingerprint density at radius 3 is 1.96 bits per heavy atom. The molecule has 0 heterocycles. The van der Waals surface area contributed by atoms with Crippen LogP contribution in [0.15, 0.2) is 47.4 Å². The number of hydrogen-bond acceptors (Lipinski definition) is 5. The second-order valence-electron chi connectivity index (χ2n) is 5.54. The fourth-order valence-corrected chi connectivity index (χ4v) is 4.07. The highest BCUT2D eigenvalue weighted by atomic mass is 32.2. The Balaban J connectivity index is 2.20. The van der Waals surface area contributed by atoms with Crippen LogP contribution < -0.4 is 5.32 Å². The van der Waals surface area contributed by atoms with Gasteiger partial charge in [0.25, 0.3) is 0 Å². The third kappa shape index (κ3) is 4.02. The fourth-order valence-electron chi connectivity index (χ4n) is 2.61. The Kier molecular flexibility index (Phi) is 6.35. The van der Waals surface area contributed by atoms with Gasteiger partial charge in [0.1, 0.15) is 12.1 Å². The van der Waals surface area contributed by atoms with Gasteiger partial charge in [-0.15, -0.1) is 0 Å². The second-order valence-corrected chi connectivity index (χ2v) is 7.48. The fraction of sp³-hybridized carbons (Fsp3) is 0.263. The third-order valence-electron chi connectivity index (χ3n) is 4.04. The zero-order valence-electron chi connectivity index (χ0n) is 14.7. The number of sulfonamides is 1. The van der Waals surface area contributed by atoms with Crippen molar-refractivity contribution in [3.63, 3.8) is 0 Å². The first-order valence-electron chi connectivity index (χ1n) is 8.24. The number of nitriles is 2. The molecule has 6 nitrogen and oxygen atoms in total. The van der Waals surface area contributed by atoms with Crippen LogP contribution in [0.5, 0.6) is 0 Å². The molecule has 2 rings (SSSR count). The highest BCUT2D eigenvalue weighted by Gasteiger charge is 2.21. The van der Waals surface area contributed by atoms with Crippen molar-refractivity contribution in [1.29, 1.82) is 10.5 Å². The molecule has 134 valence electrons. The molecule has 0 fully saturated rings. The van der Waals surface area contributed by atoms with Gasteiger partial charge in [-0.2, -0.15) is 14.8 Å². The van der Waals surface area contributed by atoms with E-state index in [9.17, 15) is 18.9 Å². The van der Waals surface area contributed by atoms with Crippen molar-refractivity contribution in [2.24, 2.45) is 0 Å². The van der Waals surface area contributed by atoms with E-state index in [4.69, 9.17) is 0 Å². The minimum atomic E-state index is -3.48. The number of benzene rings is 2. The summed E-state index contributed by atoms with van der Waals surface area (Å²) in [6, 6.07) is 15.7. The molecule has 0 amide bonds. The van der Waals surface area contributed by atoms with Crippen molar-refractivity contribution in [3.8, 4) is 12.1 Å². The summed E-state index contributed by atoms with van der Waals surface area (Å²) < 4.78 is 26.4. The normalized spacial score (nSPS) is 11.0. The summed E-state index contributed by atoms with van der Waals surface area (Å²) in [5.41, 5.74) is 2.12. The summed E-state index contributed by atoms with van der Waals surface area (Å²) in [5.74, 6) is 0. The van der Waals surface area contributed by atoms with Crippen molar-refractivity contribution in [3.05, 3.63) is 59.2 Å². The highest BCUT2D eigenvalue weighted by Crippen LogP contribution is 2.21. The van der Waals surface area contributed by atoms with Crippen LogP contribution in [0.1, 0.15) is 30.5 Å². The van der Waals surface area contributed by atoms with Crippen LogP contribution in [0.25, 0.3) is 0 Å². The Hall–Kier alpha value is -2.87. The molecule has 2 aromatic rings. The van der Waals surface area contributed by atoms with E-state index < -0.39 is 10.0 Å². The third-order valence-corrected chi connectivity index (χ3v) is 6.11. The smallest absolute Gasteiger partial charge is 0.243 e. The summed E-state index contributed by atoms with van der Waals surface area (Å²) in [7, 11) is -3.48. The van der Waals surface area contributed by atoms with E-state index >= 15 is 0 Å². The summed E-state index contributed by atoms with van der Waals surface area (Å²) in [6.45, 7) is 4.82. The van der Waals surface area contributed by atoms with Gasteiger partial charge in [0.05, 0.1) is 21.7 Å². The average molecular weight is 368 g/mol. The molecule has 2 aromatic carbocycles. The first kappa shape index (κ1) is 19.5. The molecule has 0 aliphatic rings. The molecule has 0 bridgehead atoms. The lowest BCUT2D eigenvalue weighted by Crippen LogP contribution is -2.30. The molecule has 1 N–H and O–H groups in total. The molecule has 0 saturated carbocycles. The van der Waals surface area contributed by atoms with Crippen LogP contribution in [-0.2, 0) is 16.6 Å². The Labute approximate surface area is 154 Å². The maximum atomic E-state index is 12.5. The van der Waals surface area contributed by atoms with E-state index in [0.717, 1.165) is 5.56 Å². The minimum absolute atomic E-state index is 0.250. The van der Waals surface area contributed by atoms with Crippen LogP contribution in [0.4, 0.5) is 5.69 Å². The number of para-hydroxylation sites is 1. The van der Waals surface area contributed by atoms with Crippen LogP contribution in [0, 0.1) is 22.7 Å². The molecule has 0 saturated heterocycles. The molecule has 7 heteroatoms. The average Bonchev–Trinajstić information content (AvgIpc) is 2.67. The lowest BCUT2D eigenvalue weighted by molar-refractivity contribution is 0.445. The SMILES string of the molecule is CCN(CC)S(=O)(=O)c1ccc(CNc2c(C#N)cccc2C#N)cc1. The minimum Gasteiger partial charge on any atom is -0.379 e. The molecule has 0 atom stereocenters. The van der Waals surface area contributed by atoms with Crippen LogP contribution in [0.2, 0.25) is 0 Å². The largest absolute Gasteiger partial charge is 0.379 e. The predicted octanol–water partition coefficient (Wildman–Crippen LogP) is 3.07. The number of anilines is 1. The van der Waals surface area contributed by atoms with E-state index in [1.54, 1.807) is 56.3 Å². The van der Waals surface area contributed by atoms with E-state index in [2.05, 4.69) is 17.5 Å². The van der Waals surface area contributed by atoms with Gasteiger partial charge < -0.3 is 5.32 Å². The highest BCUT2D eigenvalue weighted by molar-refractivity contribution is 7.89. The van der Waals surface area contributed by atoms with Gasteiger partial charge in [0, 0.05) is 19.6 Å². The van der Waals surface area contributed by atoms with Gasteiger partial charge in [0.15, 0.2) is 0 Å². The molecule has 0 unspecified atom stereocenters.